The van der Waals surface area contributed by atoms with Crippen molar-refractivity contribution in [2.75, 3.05) is 48.5 Å². The van der Waals surface area contributed by atoms with Gasteiger partial charge in [0.2, 0.25) is 0 Å². The van der Waals surface area contributed by atoms with Crippen molar-refractivity contribution in [1.29, 1.82) is 0 Å². The summed E-state index contributed by atoms with van der Waals surface area (Å²) in [5, 5.41) is 2.75. The van der Waals surface area contributed by atoms with E-state index in [0.29, 0.717) is 36.8 Å². The molecule has 0 saturated heterocycles. The van der Waals surface area contributed by atoms with E-state index in [4.69, 9.17) is 14.2 Å². The van der Waals surface area contributed by atoms with Gasteiger partial charge in [-0.1, -0.05) is 18.2 Å². The Morgan fingerprint density at radius 3 is 2.23 bits per heavy atom. The fourth-order valence-corrected chi connectivity index (χ4v) is 3.39. The molecule has 0 atom stereocenters. The highest BCUT2D eigenvalue weighted by atomic mass is 16.5. The molecule has 8 heteroatoms. The number of nitrogens with zero attached hydrogens (tertiary/aromatic N) is 3. The van der Waals surface area contributed by atoms with Gasteiger partial charge in [0.1, 0.15) is 11.4 Å². The Morgan fingerprint density at radius 2 is 1.63 bits per heavy atom. The van der Waals surface area contributed by atoms with Crippen LogP contribution in [0.5, 0.6) is 17.4 Å². The van der Waals surface area contributed by atoms with Gasteiger partial charge in [0, 0.05) is 31.4 Å². The normalized spacial score (nSPS) is 10.1. The van der Waals surface area contributed by atoms with Crippen LogP contribution in [0.15, 0.2) is 60.8 Å². The van der Waals surface area contributed by atoms with E-state index in [1.54, 1.807) is 39.7 Å². The molecule has 3 rings (SSSR count). The summed E-state index contributed by atoms with van der Waals surface area (Å²) in [6.07, 6.45) is 3.94. The van der Waals surface area contributed by atoms with Gasteiger partial charge in [0.25, 0.3) is 11.8 Å². The SMILES string of the molecule is CNC.COc1ccc(CCCN(CCc2ccc(OC)c(OC)n2)C(=O)c2ccccn2)cc1. The number of hydrogen-bond donors (Lipinski definition) is 1. The first kappa shape index (κ1) is 27.6. The smallest absolute Gasteiger partial charge is 0.272 e. The van der Waals surface area contributed by atoms with Crippen LogP contribution >= 0.6 is 0 Å². The standard InChI is InChI=1S/C25H29N3O4.C2H7N/c1-30-21-12-9-19(10-13-21)7-6-17-28(25(29)22-8-4-5-16-26-22)18-15-20-11-14-23(31-2)24(27-20)32-3;1-3-2/h4-5,8-14,16H,6-7,15,17-18H2,1-3H3;3H,1-2H3. The predicted octanol–water partition coefficient (Wildman–Crippen LogP) is 3.66. The molecule has 35 heavy (non-hydrogen) atoms. The molecule has 0 radical (unpaired) electrons. The van der Waals surface area contributed by atoms with Crippen LogP contribution in [0.4, 0.5) is 0 Å². The molecule has 0 aliphatic heterocycles. The number of rotatable bonds is 11. The molecule has 3 aromatic rings. The van der Waals surface area contributed by atoms with Crippen LogP contribution in [-0.2, 0) is 12.8 Å². The summed E-state index contributed by atoms with van der Waals surface area (Å²) in [5.41, 5.74) is 2.48. The van der Waals surface area contributed by atoms with E-state index in [9.17, 15) is 4.79 Å². The van der Waals surface area contributed by atoms with Crippen LogP contribution in [0.25, 0.3) is 0 Å². The third kappa shape index (κ3) is 8.90. The summed E-state index contributed by atoms with van der Waals surface area (Å²) in [6.45, 7) is 1.15. The molecule has 0 unspecified atom stereocenters. The van der Waals surface area contributed by atoms with Crippen molar-refractivity contribution in [3.63, 3.8) is 0 Å². The molecule has 1 amide bonds. The van der Waals surface area contributed by atoms with Crippen molar-refractivity contribution in [2.45, 2.75) is 19.3 Å². The molecule has 2 heterocycles. The number of hydrogen-bond acceptors (Lipinski definition) is 7. The number of methoxy groups -OCH3 is 3. The number of aromatic nitrogens is 2. The first-order valence-corrected chi connectivity index (χ1v) is 11.6. The molecule has 0 fully saturated rings. The number of benzene rings is 1. The van der Waals surface area contributed by atoms with Crippen LogP contribution in [-0.4, -0.2) is 69.3 Å². The Hall–Kier alpha value is -3.65. The summed E-state index contributed by atoms with van der Waals surface area (Å²) < 4.78 is 15.8. The zero-order valence-corrected chi connectivity index (χ0v) is 21.3. The lowest BCUT2D eigenvalue weighted by Crippen LogP contribution is -2.34. The number of nitrogens with one attached hydrogen (secondary N) is 1. The Balaban J connectivity index is 0.00000137. The van der Waals surface area contributed by atoms with E-state index in [2.05, 4.69) is 27.4 Å². The van der Waals surface area contributed by atoms with Crippen molar-refractivity contribution in [1.82, 2.24) is 20.2 Å². The lowest BCUT2D eigenvalue weighted by atomic mass is 10.1. The zero-order valence-electron chi connectivity index (χ0n) is 21.3. The number of amides is 1. The van der Waals surface area contributed by atoms with E-state index in [0.717, 1.165) is 24.3 Å². The van der Waals surface area contributed by atoms with Crippen LogP contribution in [0.2, 0.25) is 0 Å². The van der Waals surface area contributed by atoms with Gasteiger partial charge < -0.3 is 24.4 Å². The summed E-state index contributed by atoms with van der Waals surface area (Å²) in [7, 11) is 8.55. The monoisotopic (exact) mass is 480 g/mol. The molecule has 8 nitrogen and oxygen atoms in total. The minimum absolute atomic E-state index is 0.0826. The van der Waals surface area contributed by atoms with Gasteiger partial charge in [-0.15, -0.1) is 0 Å². The quantitative estimate of drug-likeness (QED) is 0.448. The molecule has 0 bridgehead atoms. The Bertz CT molecular complexity index is 1010. The average Bonchev–Trinajstić information content (AvgIpc) is 2.91. The van der Waals surface area contributed by atoms with Crippen LogP contribution < -0.4 is 19.5 Å². The van der Waals surface area contributed by atoms with Crippen molar-refractivity contribution in [3.8, 4) is 17.4 Å². The molecule has 2 aromatic heterocycles. The van der Waals surface area contributed by atoms with Gasteiger partial charge in [-0.05, 0) is 68.9 Å². The maximum Gasteiger partial charge on any atom is 0.272 e. The summed E-state index contributed by atoms with van der Waals surface area (Å²) in [6, 6.07) is 17.1. The Labute approximate surface area is 208 Å². The van der Waals surface area contributed by atoms with Gasteiger partial charge in [0.15, 0.2) is 5.75 Å². The molecule has 0 aliphatic rings. The minimum Gasteiger partial charge on any atom is -0.497 e. The number of carbonyl (C=O) groups excluding carboxylic acids is 1. The van der Waals surface area contributed by atoms with Gasteiger partial charge in [-0.2, -0.15) is 0 Å². The van der Waals surface area contributed by atoms with Crippen molar-refractivity contribution >= 4 is 5.91 Å². The Kier molecular flexibility index (Phi) is 12.1. The first-order valence-electron chi connectivity index (χ1n) is 11.6. The molecular formula is C27H36N4O4. The summed E-state index contributed by atoms with van der Waals surface area (Å²) in [4.78, 5) is 23.7. The summed E-state index contributed by atoms with van der Waals surface area (Å²) >= 11 is 0. The van der Waals surface area contributed by atoms with Crippen molar-refractivity contribution in [3.05, 3.63) is 77.7 Å². The first-order chi connectivity index (χ1) is 17.1. The van der Waals surface area contributed by atoms with E-state index in [1.807, 2.05) is 49.3 Å². The van der Waals surface area contributed by atoms with Gasteiger partial charge in [-0.25, -0.2) is 4.98 Å². The third-order valence-corrected chi connectivity index (χ3v) is 5.16. The average molecular weight is 481 g/mol. The Morgan fingerprint density at radius 1 is 0.886 bits per heavy atom. The lowest BCUT2D eigenvalue weighted by molar-refractivity contribution is 0.0749. The third-order valence-electron chi connectivity index (χ3n) is 5.16. The molecule has 1 aromatic carbocycles. The molecule has 0 saturated carbocycles. The van der Waals surface area contributed by atoms with E-state index in [1.165, 1.54) is 5.56 Å². The molecule has 1 N–H and O–H groups in total. The number of ether oxygens (including phenoxy) is 3. The number of aryl methyl sites for hydroxylation is 1. The van der Waals surface area contributed by atoms with E-state index >= 15 is 0 Å². The highest BCUT2D eigenvalue weighted by molar-refractivity contribution is 5.92. The van der Waals surface area contributed by atoms with Crippen LogP contribution in [0.1, 0.15) is 28.2 Å². The fourth-order valence-electron chi connectivity index (χ4n) is 3.39. The highest BCUT2D eigenvalue weighted by Crippen LogP contribution is 2.24. The van der Waals surface area contributed by atoms with Crippen molar-refractivity contribution < 1.29 is 19.0 Å². The lowest BCUT2D eigenvalue weighted by Gasteiger charge is -2.22. The van der Waals surface area contributed by atoms with Crippen LogP contribution in [0.3, 0.4) is 0 Å². The summed E-state index contributed by atoms with van der Waals surface area (Å²) in [5.74, 6) is 1.77. The largest absolute Gasteiger partial charge is 0.497 e. The van der Waals surface area contributed by atoms with Gasteiger partial charge >= 0.3 is 0 Å². The minimum atomic E-state index is -0.0826. The second-order valence-corrected chi connectivity index (χ2v) is 7.72. The van der Waals surface area contributed by atoms with Crippen molar-refractivity contribution in [2.24, 2.45) is 0 Å². The highest BCUT2D eigenvalue weighted by Gasteiger charge is 2.17. The molecule has 0 aliphatic carbocycles. The molecular weight excluding hydrogens is 444 g/mol. The number of carbonyl (C=O) groups is 1. The maximum absolute atomic E-state index is 13.1. The topological polar surface area (TPSA) is 85.8 Å². The number of pyridine rings is 2. The predicted molar refractivity (Wildman–Crippen MR) is 137 cm³/mol. The molecule has 188 valence electrons. The maximum atomic E-state index is 13.1. The van der Waals surface area contributed by atoms with Gasteiger partial charge in [-0.3, -0.25) is 9.78 Å². The van der Waals surface area contributed by atoms with Crippen LogP contribution in [0, 0.1) is 0 Å². The second kappa shape index (κ2) is 15.3. The van der Waals surface area contributed by atoms with E-state index in [-0.39, 0.29) is 5.91 Å². The molecule has 0 spiro atoms. The fraction of sp³-hybridized carbons (Fsp3) is 0.370. The van der Waals surface area contributed by atoms with Gasteiger partial charge in [0.05, 0.1) is 21.3 Å². The second-order valence-electron chi connectivity index (χ2n) is 7.72. The van der Waals surface area contributed by atoms with E-state index < -0.39 is 0 Å². The zero-order chi connectivity index (χ0) is 25.5.